The molecule has 0 unspecified atom stereocenters. The highest BCUT2D eigenvalue weighted by Crippen LogP contribution is 2.41. The highest BCUT2D eigenvalue weighted by molar-refractivity contribution is 9.11. The molecule has 0 bridgehead atoms. The van der Waals surface area contributed by atoms with Gasteiger partial charge in [-0.3, -0.25) is 4.79 Å². The average molecular weight is 487 g/mol. The second kappa shape index (κ2) is 4.66. The highest BCUT2D eigenvalue weighted by atomic mass is 79.9. The van der Waals surface area contributed by atoms with Gasteiger partial charge in [0.2, 0.25) is 5.43 Å². The molecule has 1 N–H and O–H groups in total. The van der Waals surface area contributed by atoms with Gasteiger partial charge in [0.05, 0.1) is 32.0 Å². The predicted molar refractivity (Wildman–Crippen MR) is 97.2 cm³/mol. The number of aromatic hydroxyl groups is 1. The quantitative estimate of drug-likeness (QED) is 0.365. The average Bonchev–Trinajstić information content (AvgIpc) is 2.78. The Kier molecular flexibility index (Phi) is 3.05. The number of fused-ring (bicyclic) bond motifs is 2. The summed E-state index contributed by atoms with van der Waals surface area (Å²) >= 11 is 10.2. The van der Waals surface area contributed by atoms with Crippen LogP contribution in [0.1, 0.15) is 5.69 Å². The van der Waals surface area contributed by atoms with E-state index in [2.05, 4.69) is 52.9 Å². The summed E-state index contributed by atoms with van der Waals surface area (Å²) in [5.41, 5.74) is 1.93. The zero-order valence-corrected chi connectivity index (χ0v) is 15.9. The molecule has 0 saturated carbocycles. The Bertz CT molecular complexity index is 1150. The third-order valence-corrected chi connectivity index (χ3v) is 5.68. The first-order valence-electron chi connectivity index (χ1n) is 6.35. The van der Waals surface area contributed by atoms with E-state index in [-0.39, 0.29) is 16.6 Å². The van der Waals surface area contributed by atoms with Crippen molar-refractivity contribution in [3.8, 4) is 5.75 Å². The Morgan fingerprint density at radius 2 is 1.77 bits per heavy atom. The monoisotopic (exact) mass is 484 g/mol. The fourth-order valence-electron chi connectivity index (χ4n) is 2.86. The van der Waals surface area contributed by atoms with Gasteiger partial charge in [0.15, 0.2) is 0 Å². The highest BCUT2D eigenvalue weighted by Gasteiger charge is 2.22. The maximum Gasteiger partial charge on any atom is 0.205 e. The van der Waals surface area contributed by atoms with E-state index < -0.39 is 0 Å². The summed E-state index contributed by atoms with van der Waals surface area (Å²) in [6.07, 6.45) is 0. The number of halogens is 3. The maximum atomic E-state index is 12.5. The number of aryl methyl sites for hydroxylation is 1. The van der Waals surface area contributed by atoms with E-state index in [1.165, 1.54) is 0 Å². The van der Waals surface area contributed by atoms with Crippen molar-refractivity contribution < 1.29 is 5.11 Å². The zero-order chi connectivity index (χ0) is 15.8. The molecule has 0 amide bonds. The Morgan fingerprint density at radius 1 is 1.05 bits per heavy atom. The fraction of sp³-hybridized carbons (Fsp3) is 0.0667. The lowest BCUT2D eigenvalue weighted by atomic mass is 10.1. The van der Waals surface area contributed by atoms with Crippen LogP contribution in [-0.4, -0.2) is 14.7 Å². The molecular formula is C15H7Br3N2O2. The first kappa shape index (κ1) is 14.4. The van der Waals surface area contributed by atoms with Crippen molar-refractivity contribution >= 4 is 75.0 Å². The molecule has 0 fully saturated rings. The lowest BCUT2D eigenvalue weighted by Gasteiger charge is -2.11. The van der Waals surface area contributed by atoms with Crippen LogP contribution in [0.25, 0.3) is 27.2 Å². The summed E-state index contributed by atoms with van der Waals surface area (Å²) in [4.78, 5) is 12.5. The van der Waals surface area contributed by atoms with Crippen LogP contribution >= 0.6 is 47.8 Å². The topological polar surface area (TPSA) is 54.6 Å². The number of hydrogen-bond donors (Lipinski definition) is 1. The molecule has 0 aliphatic carbocycles. The number of hydrogen-bond acceptors (Lipinski definition) is 3. The number of pyridine rings is 1. The van der Waals surface area contributed by atoms with Crippen LogP contribution in [0.2, 0.25) is 0 Å². The molecule has 2 aromatic carbocycles. The van der Waals surface area contributed by atoms with Crippen molar-refractivity contribution in [3.05, 3.63) is 47.5 Å². The second-order valence-electron chi connectivity index (χ2n) is 5.06. The molecule has 4 rings (SSSR count). The second-order valence-corrected chi connectivity index (χ2v) is 7.62. The van der Waals surface area contributed by atoms with E-state index in [0.29, 0.717) is 19.8 Å². The molecule has 0 atom stereocenters. The van der Waals surface area contributed by atoms with E-state index in [4.69, 9.17) is 0 Å². The van der Waals surface area contributed by atoms with Gasteiger partial charge in [-0.1, -0.05) is 0 Å². The molecule has 0 saturated heterocycles. The summed E-state index contributed by atoms with van der Waals surface area (Å²) in [5.74, 6) is -0.0353. The SMILES string of the molecule is Cc1nn2c3c(Br)cc(Br)c(=O)c3c(O)c3c(Br)ccc1c32. The molecular weight excluding hydrogens is 480 g/mol. The van der Waals surface area contributed by atoms with Gasteiger partial charge >= 0.3 is 0 Å². The predicted octanol–water partition coefficient (Wildman–Crippen LogP) is 4.74. The Hall–Kier alpha value is -1.18. The van der Waals surface area contributed by atoms with Crippen molar-refractivity contribution in [3.63, 3.8) is 0 Å². The van der Waals surface area contributed by atoms with E-state index in [1.807, 2.05) is 19.1 Å². The molecule has 110 valence electrons. The standard InChI is InChI=1S/C15H7Br3N2O2/c1-5-6-2-3-7(16)10-12(6)20(19-5)13-8(17)4-9(18)14(21)11(13)15(10)22/h2-4,22H,1H3. The van der Waals surface area contributed by atoms with Gasteiger partial charge in [-0.25, -0.2) is 4.52 Å². The largest absolute Gasteiger partial charge is 0.506 e. The minimum atomic E-state index is -0.265. The molecule has 4 aromatic rings. The molecule has 2 aromatic heterocycles. The summed E-state index contributed by atoms with van der Waals surface area (Å²) in [6, 6.07) is 5.49. The van der Waals surface area contributed by atoms with Crippen LogP contribution in [0.5, 0.6) is 5.75 Å². The number of aromatic nitrogens is 2. The first-order valence-corrected chi connectivity index (χ1v) is 8.73. The van der Waals surface area contributed by atoms with Gasteiger partial charge in [0, 0.05) is 14.3 Å². The van der Waals surface area contributed by atoms with Crippen LogP contribution in [0.3, 0.4) is 0 Å². The molecule has 22 heavy (non-hydrogen) atoms. The Morgan fingerprint density at radius 3 is 2.50 bits per heavy atom. The van der Waals surface area contributed by atoms with Crippen LogP contribution in [0.4, 0.5) is 0 Å². The van der Waals surface area contributed by atoms with Crippen molar-refractivity contribution in [2.24, 2.45) is 0 Å². The summed E-state index contributed by atoms with van der Waals surface area (Å²) in [5, 5.41) is 17.1. The van der Waals surface area contributed by atoms with Gasteiger partial charge < -0.3 is 5.11 Å². The van der Waals surface area contributed by atoms with Gasteiger partial charge in [0.1, 0.15) is 5.75 Å². The normalized spacial score (nSPS) is 12.0. The summed E-state index contributed by atoms with van der Waals surface area (Å²) in [7, 11) is 0. The Balaban J connectivity index is 2.53. The minimum Gasteiger partial charge on any atom is -0.506 e. The van der Waals surface area contributed by atoms with Gasteiger partial charge in [-0.05, 0) is 72.9 Å². The first-order chi connectivity index (χ1) is 10.4. The summed E-state index contributed by atoms with van der Waals surface area (Å²) < 4.78 is 3.52. The molecule has 2 heterocycles. The smallest absolute Gasteiger partial charge is 0.205 e. The van der Waals surface area contributed by atoms with E-state index in [9.17, 15) is 9.90 Å². The molecule has 0 radical (unpaired) electrons. The number of nitrogens with zero attached hydrogens (tertiary/aromatic N) is 2. The third-order valence-electron chi connectivity index (χ3n) is 3.82. The van der Waals surface area contributed by atoms with E-state index >= 15 is 0 Å². The summed E-state index contributed by atoms with van der Waals surface area (Å²) in [6.45, 7) is 1.91. The molecule has 0 aliphatic rings. The van der Waals surface area contributed by atoms with E-state index in [1.54, 1.807) is 10.6 Å². The van der Waals surface area contributed by atoms with Crippen molar-refractivity contribution in [2.45, 2.75) is 6.92 Å². The maximum absolute atomic E-state index is 12.5. The van der Waals surface area contributed by atoms with Crippen LogP contribution in [-0.2, 0) is 0 Å². The lowest BCUT2D eigenvalue weighted by Crippen LogP contribution is -2.07. The van der Waals surface area contributed by atoms with Crippen molar-refractivity contribution in [2.75, 3.05) is 0 Å². The van der Waals surface area contributed by atoms with Gasteiger partial charge in [-0.2, -0.15) is 5.10 Å². The van der Waals surface area contributed by atoms with Crippen molar-refractivity contribution in [1.82, 2.24) is 9.61 Å². The molecule has 0 spiro atoms. The fourth-order valence-corrected chi connectivity index (χ4v) is 4.70. The van der Waals surface area contributed by atoms with Crippen LogP contribution in [0.15, 0.2) is 36.4 Å². The number of benzene rings is 2. The van der Waals surface area contributed by atoms with Crippen LogP contribution < -0.4 is 5.43 Å². The third kappa shape index (κ3) is 1.67. The molecule has 0 aliphatic heterocycles. The Labute approximate surface area is 149 Å². The van der Waals surface area contributed by atoms with Crippen LogP contribution in [0, 0.1) is 6.92 Å². The minimum absolute atomic E-state index is 0.0353. The van der Waals surface area contributed by atoms with E-state index in [0.717, 1.165) is 21.1 Å². The molecule has 4 nitrogen and oxygen atoms in total. The molecule has 7 heteroatoms. The lowest BCUT2D eigenvalue weighted by molar-refractivity contribution is 0.487. The van der Waals surface area contributed by atoms with Gasteiger partial charge in [0.25, 0.3) is 0 Å². The number of rotatable bonds is 0. The zero-order valence-electron chi connectivity index (χ0n) is 11.1. The van der Waals surface area contributed by atoms with Gasteiger partial charge in [-0.15, -0.1) is 0 Å². The van der Waals surface area contributed by atoms with Crippen molar-refractivity contribution in [1.29, 1.82) is 0 Å².